The van der Waals surface area contributed by atoms with Gasteiger partial charge in [0.2, 0.25) is 12.8 Å². The van der Waals surface area contributed by atoms with Gasteiger partial charge in [-0.15, -0.1) is 0 Å². The molecule has 0 aromatic heterocycles. The van der Waals surface area contributed by atoms with Crippen LogP contribution in [-0.2, 0) is 26.7 Å². The molecule has 2 amide bonds. The zero-order valence-electron chi connectivity index (χ0n) is 6.68. The van der Waals surface area contributed by atoms with Crippen molar-refractivity contribution in [2.75, 3.05) is 5.01 Å². The van der Waals surface area contributed by atoms with E-state index in [0.717, 1.165) is 5.01 Å². The average molecular weight is 219 g/mol. The molecule has 0 aliphatic heterocycles. The summed E-state index contributed by atoms with van der Waals surface area (Å²) < 4.78 is 0. The first kappa shape index (κ1) is 11.7. The standard InChI is InChI=1S/C8H8N2O2.Mn/c11-6-9-10(7-12)8-4-2-1-3-5-8;/h1-7H,(H,9,11);. The minimum absolute atomic E-state index is 0. The molecule has 4 nitrogen and oxygen atoms in total. The number of hydrogen-bond acceptors (Lipinski definition) is 2. The van der Waals surface area contributed by atoms with E-state index in [-0.39, 0.29) is 17.1 Å². The molecule has 1 aromatic carbocycles. The normalized spacial score (nSPS) is 8.00. The zero-order chi connectivity index (χ0) is 8.81. The van der Waals surface area contributed by atoms with Crippen molar-refractivity contribution in [3.8, 4) is 0 Å². The van der Waals surface area contributed by atoms with Gasteiger partial charge in [-0.05, 0) is 12.1 Å². The number of carbonyl (C=O) groups excluding carboxylic acids is 2. The summed E-state index contributed by atoms with van der Waals surface area (Å²) in [6.45, 7) is 0. The molecule has 0 spiro atoms. The number of hydrogen-bond donors (Lipinski definition) is 1. The molecule has 5 heteroatoms. The van der Waals surface area contributed by atoms with Gasteiger partial charge in [-0.3, -0.25) is 15.0 Å². The van der Waals surface area contributed by atoms with Crippen molar-refractivity contribution < 1.29 is 26.7 Å². The second-order valence-electron chi connectivity index (χ2n) is 2.06. The van der Waals surface area contributed by atoms with Crippen LogP contribution in [0.4, 0.5) is 5.69 Å². The Morgan fingerprint density at radius 3 is 2.23 bits per heavy atom. The van der Waals surface area contributed by atoms with E-state index in [1.54, 1.807) is 24.3 Å². The van der Waals surface area contributed by atoms with Crippen molar-refractivity contribution in [3.05, 3.63) is 30.3 Å². The summed E-state index contributed by atoms with van der Waals surface area (Å²) in [4.78, 5) is 20.4. The van der Waals surface area contributed by atoms with Crippen LogP contribution in [0.15, 0.2) is 30.3 Å². The van der Waals surface area contributed by atoms with Gasteiger partial charge in [-0.2, -0.15) is 0 Å². The molecule has 1 rings (SSSR count). The van der Waals surface area contributed by atoms with Gasteiger partial charge in [0.1, 0.15) is 0 Å². The molecule has 0 saturated carbocycles. The summed E-state index contributed by atoms with van der Waals surface area (Å²) in [7, 11) is 0. The number of carbonyl (C=O) groups is 2. The number of rotatable bonds is 4. The smallest absolute Gasteiger partial charge is 0.232 e. The molecule has 13 heavy (non-hydrogen) atoms. The van der Waals surface area contributed by atoms with Crippen LogP contribution < -0.4 is 10.4 Å². The number of amides is 2. The van der Waals surface area contributed by atoms with Gasteiger partial charge in [-0.1, -0.05) is 18.2 Å². The zero-order valence-corrected chi connectivity index (χ0v) is 7.86. The van der Waals surface area contributed by atoms with Crippen LogP contribution in [0.2, 0.25) is 0 Å². The van der Waals surface area contributed by atoms with E-state index in [4.69, 9.17) is 0 Å². The Morgan fingerprint density at radius 1 is 1.15 bits per heavy atom. The monoisotopic (exact) mass is 219 g/mol. The minimum Gasteiger partial charge on any atom is -0.277 e. The summed E-state index contributed by atoms with van der Waals surface area (Å²) in [5.41, 5.74) is 2.86. The Balaban J connectivity index is 0.00000144. The fourth-order valence-corrected chi connectivity index (χ4v) is 0.811. The number of hydrazine groups is 1. The van der Waals surface area contributed by atoms with Gasteiger partial charge in [0.15, 0.2) is 0 Å². The van der Waals surface area contributed by atoms with Crippen molar-refractivity contribution in [1.82, 2.24) is 5.43 Å². The second-order valence-corrected chi connectivity index (χ2v) is 2.06. The summed E-state index contributed by atoms with van der Waals surface area (Å²) in [6.07, 6.45) is 0.977. The quantitative estimate of drug-likeness (QED) is 0.450. The molecular formula is C8H8MnN2O2. The summed E-state index contributed by atoms with van der Waals surface area (Å²) in [6, 6.07) is 8.81. The third-order valence-corrected chi connectivity index (χ3v) is 1.33. The maximum Gasteiger partial charge on any atom is 0.232 e. The van der Waals surface area contributed by atoms with Crippen LogP contribution in [-0.4, -0.2) is 12.8 Å². The Hall–Kier alpha value is -1.32. The number of para-hydroxylation sites is 1. The van der Waals surface area contributed by atoms with Gasteiger partial charge in [0.05, 0.1) is 5.69 Å². The van der Waals surface area contributed by atoms with Crippen LogP contribution in [0.3, 0.4) is 0 Å². The van der Waals surface area contributed by atoms with Crippen LogP contribution in [0.5, 0.6) is 0 Å². The fourth-order valence-electron chi connectivity index (χ4n) is 0.811. The first-order chi connectivity index (χ1) is 5.88. The average Bonchev–Trinajstić information content (AvgIpc) is 2.15. The van der Waals surface area contributed by atoms with Crippen molar-refractivity contribution in [3.63, 3.8) is 0 Å². The fraction of sp³-hybridized carbons (Fsp3) is 0. The molecule has 0 bridgehead atoms. The summed E-state index contributed by atoms with van der Waals surface area (Å²) >= 11 is 0. The Kier molecular flexibility index (Phi) is 5.59. The molecule has 0 unspecified atom stereocenters. The van der Waals surface area contributed by atoms with Crippen molar-refractivity contribution in [1.29, 1.82) is 0 Å². The van der Waals surface area contributed by atoms with E-state index in [1.807, 2.05) is 6.07 Å². The first-order valence-electron chi connectivity index (χ1n) is 3.38. The molecule has 1 aromatic rings. The topological polar surface area (TPSA) is 49.4 Å². The summed E-state index contributed by atoms with van der Waals surface area (Å²) in [5, 5.41) is 1.09. The largest absolute Gasteiger partial charge is 0.277 e. The van der Waals surface area contributed by atoms with Crippen molar-refractivity contribution in [2.24, 2.45) is 0 Å². The predicted molar refractivity (Wildman–Crippen MR) is 44.2 cm³/mol. The van der Waals surface area contributed by atoms with Crippen LogP contribution in [0.1, 0.15) is 0 Å². The molecule has 0 atom stereocenters. The van der Waals surface area contributed by atoms with Crippen LogP contribution >= 0.6 is 0 Å². The Morgan fingerprint density at radius 2 is 1.77 bits per heavy atom. The maximum absolute atomic E-state index is 10.4. The number of nitrogens with one attached hydrogen (secondary N) is 1. The van der Waals surface area contributed by atoms with E-state index in [1.165, 1.54) is 0 Å². The molecule has 69 valence electrons. The van der Waals surface area contributed by atoms with E-state index < -0.39 is 0 Å². The molecule has 0 saturated heterocycles. The Labute approximate surface area is 86.4 Å². The molecule has 0 heterocycles. The van der Waals surface area contributed by atoms with Gasteiger partial charge in [0, 0.05) is 17.1 Å². The third kappa shape index (κ3) is 3.27. The van der Waals surface area contributed by atoms with E-state index in [2.05, 4.69) is 5.43 Å². The minimum atomic E-state index is 0. The van der Waals surface area contributed by atoms with Crippen LogP contribution in [0, 0.1) is 0 Å². The molecule has 0 aliphatic rings. The molecule has 0 fully saturated rings. The van der Waals surface area contributed by atoms with E-state index >= 15 is 0 Å². The first-order valence-corrected chi connectivity index (χ1v) is 3.38. The van der Waals surface area contributed by atoms with Gasteiger partial charge >= 0.3 is 0 Å². The molecule has 1 radical (unpaired) electrons. The van der Waals surface area contributed by atoms with Crippen LogP contribution in [0.25, 0.3) is 0 Å². The van der Waals surface area contributed by atoms with Crippen molar-refractivity contribution >= 4 is 18.5 Å². The summed E-state index contributed by atoms with van der Waals surface area (Å²) in [5.74, 6) is 0. The van der Waals surface area contributed by atoms with Gasteiger partial charge in [0.25, 0.3) is 0 Å². The number of benzene rings is 1. The number of anilines is 1. The SMILES string of the molecule is O=CNN(C=O)c1ccccc1.[Mn]. The molecular weight excluding hydrogens is 211 g/mol. The maximum atomic E-state index is 10.4. The number of nitrogens with zero attached hydrogens (tertiary/aromatic N) is 1. The molecule has 1 N–H and O–H groups in total. The van der Waals surface area contributed by atoms with Gasteiger partial charge in [-0.25, -0.2) is 5.01 Å². The Bertz CT molecular complexity index is 266. The third-order valence-electron chi connectivity index (χ3n) is 1.33. The van der Waals surface area contributed by atoms with Gasteiger partial charge < -0.3 is 0 Å². The van der Waals surface area contributed by atoms with Crippen molar-refractivity contribution in [2.45, 2.75) is 0 Å². The second kappa shape index (κ2) is 6.22. The van der Waals surface area contributed by atoms with E-state index in [0.29, 0.717) is 18.5 Å². The molecule has 0 aliphatic carbocycles. The van der Waals surface area contributed by atoms with E-state index in [9.17, 15) is 9.59 Å². The predicted octanol–water partition coefficient (Wildman–Crippen LogP) is 0.308.